The number of benzene rings is 2. The standard InChI is InChI=1S/C22H19N3O2/c1-26-20-12-7-10-16-19-14-18(15-8-3-2-4-9-15)24-25(19)22(27-21(16)20)17-11-5-6-13-23-17/h2-13,19,22H,14H2,1H3/t19-,22-/m0/s1. The summed E-state index contributed by atoms with van der Waals surface area (Å²) in [6, 6.07) is 22.2. The summed E-state index contributed by atoms with van der Waals surface area (Å²) in [7, 11) is 1.67. The molecule has 0 N–H and O–H groups in total. The molecule has 0 unspecified atom stereocenters. The maximum atomic E-state index is 6.37. The lowest BCUT2D eigenvalue weighted by molar-refractivity contribution is -0.0236. The second kappa shape index (κ2) is 6.43. The van der Waals surface area contributed by atoms with Gasteiger partial charge in [-0.3, -0.25) is 4.98 Å². The highest BCUT2D eigenvalue weighted by Crippen LogP contribution is 2.50. The number of ether oxygens (including phenoxy) is 2. The lowest BCUT2D eigenvalue weighted by atomic mass is 9.96. The Hall–Kier alpha value is -3.34. The first-order valence-corrected chi connectivity index (χ1v) is 9.01. The molecule has 2 aliphatic rings. The molecule has 5 rings (SSSR count). The maximum absolute atomic E-state index is 6.37. The summed E-state index contributed by atoms with van der Waals surface area (Å²) in [5.74, 6) is 1.52. The van der Waals surface area contributed by atoms with Crippen LogP contribution >= 0.6 is 0 Å². The van der Waals surface area contributed by atoms with Gasteiger partial charge in [0, 0.05) is 18.2 Å². The molecular formula is C22H19N3O2. The number of rotatable bonds is 3. The van der Waals surface area contributed by atoms with Gasteiger partial charge in [-0.1, -0.05) is 48.5 Å². The van der Waals surface area contributed by atoms with E-state index in [1.807, 2.05) is 53.5 Å². The number of para-hydroxylation sites is 1. The van der Waals surface area contributed by atoms with Crippen molar-refractivity contribution in [1.29, 1.82) is 0 Å². The Morgan fingerprint density at radius 2 is 1.85 bits per heavy atom. The van der Waals surface area contributed by atoms with Gasteiger partial charge in [-0.15, -0.1) is 0 Å². The third-order valence-electron chi connectivity index (χ3n) is 5.05. The van der Waals surface area contributed by atoms with Crippen LogP contribution in [-0.4, -0.2) is 22.8 Å². The first-order valence-electron chi connectivity index (χ1n) is 9.01. The van der Waals surface area contributed by atoms with E-state index in [1.165, 1.54) is 0 Å². The Kier molecular flexibility index (Phi) is 3.78. The van der Waals surface area contributed by atoms with E-state index in [9.17, 15) is 0 Å². The van der Waals surface area contributed by atoms with Crippen molar-refractivity contribution in [2.45, 2.75) is 18.7 Å². The summed E-state index contributed by atoms with van der Waals surface area (Å²) in [5, 5.41) is 6.97. The summed E-state index contributed by atoms with van der Waals surface area (Å²) >= 11 is 0. The van der Waals surface area contributed by atoms with Gasteiger partial charge in [-0.05, 0) is 23.8 Å². The zero-order chi connectivity index (χ0) is 18.2. The van der Waals surface area contributed by atoms with Gasteiger partial charge in [0.1, 0.15) is 5.69 Å². The Bertz CT molecular complexity index is 989. The minimum Gasteiger partial charge on any atom is -0.493 e. The molecule has 0 radical (unpaired) electrons. The Morgan fingerprint density at radius 3 is 2.63 bits per heavy atom. The first-order chi connectivity index (χ1) is 13.3. The summed E-state index contributed by atoms with van der Waals surface area (Å²) < 4.78 is 11.9. The fraction of sp³-hybridized carbons (Fsp3) is 0.182. The smallest absolute Gasteiger partial charge is 0.230 e. The highest BCUT2D eigenvalue weighted by Gasteiger charge is 2.42. The molecule has 0 saturated carbocycles. The quantitative estimate of drug-likeness (QED) is 0.700. The van der Waals surface area contributed by atoms with Gasteiger partial charge in [0.15, 0.2) is 11.5 Å². The van der Waals surface area contributed by atoms with Gasteiger partial charge < -0.3 is 9.47 Å². The number of hydrogen-bond acceptors (Lipinski definition) is 5. The first kappa shape index (κ1) is 15.9. The Morgan fingerprint density at radius 1 is 1.00 bits per heavy atom. The molecule has 0 amide bonds. The molecule has 1 aromatic heterocycles. The fourth-order valence-electron chi connectivity index (χ4n) is 3.77. The largest absolute Gasteiger partial charge is 0.493 e. The van der Waals surface area contributed by atoms with Crippen LogP contribution in [0.5, 0.6) is 11.5 Å². The number of hydrogen-bond donors (Lipinski definition) is 0. The summed E-state index contributed by atoms with van der Waals surface area (Å²) in [6.45, 7) is 0. The molecule has 0 aliphatic carbocycles. The van der Waals surface area contributed by atoms with E-state index >= 15 is 0 Å². The van der Waals surface area contributed by atoms with Gasteiger partial charge in [0.25, 0.3) is 0 Å². The van der Waals surface area contributed by atoms with Crippen molar-refractivity contribution >= 4 is 5.71 Å². The minimum absolute atomic E-state index is 0.0889. The highest BCUT2D eigenvalue weighted by atomic mass is 16.5. The zero-order valence-electron chi connectivity index (χ0n) is 14.9. The van der Waals surface area contributed by atoms with Crippen LogP contribution < -0.4 is 9.47 Å². The third-order valence-corrected chi connectivity index (χ3v) is 5.05. The Balaban J connectivity index is 1.63. The molecule has 5 heteroatoms. The topological polar surface area (TPSA) is 47.0 Å². The van der Waals surface area contributed by atoms with Crippen LogP contribution in [0.25, 0.3) is 0 Å². The van der Waals surface area contributed by atoms with Crippen LogP contribution in [-0.2, 0) is 0 Å². The average Bonchev–Trinajstić information content (AvgIpc) is 3.20. The SMILES string of the molecule is COc1cccc2c1O[C@@H](c1ccccn1)N1N=C(c3ccccc3)C[C@@H]21. The van der Waals surface area contributed by atoms with Crippen LogP contribution in [0.15, 0.2) is 78.0 Å². The summed E-state index contributed by atoms with van der Waals surface area (Å²) in [6.07, 6.45) is 2.21. The minimum atomic E-state index is -0.388. The van der Waals surface area contributed by atoms with Crippen molar-refractivity contribution in [3.8, 4) is 11.5 Å². The summed E-state index contributed by atoms with van der Waals surface area (Å²) in [5.41, 5.74) is 4.12. The van der Waals surface area contributed by atoms with Crippen molar-refractivity contribution in [2.75, 3.05) is 7.11 Å². The van der Waals surface area contributed by atoms with E-state index in [0.717, 1.165) is 40.5 Å². The van der Waals surface area contributed by atoms with Crippen molar-refractivity contribution in [2.24, 2.45) is 5.10 Å². The fourth-order valence-corrected chi connectivity index (χ4v) is 3.77. The van der Waals surface area contributed by atoms with E-state index in [-0.39, 0.29) is 12.3 Å². The van der Waals surface area contributed by atoms with Gasteiger partial charge in [0.2, 0.25) is 6.23 Å². The second-order valence-corrected chi connectivity index (χ2v) is 6.62. The van der Waals surface area contributed by atoms with E-state index < -0.39 is 0 Å². The van der Waals surface area contributed by atoms with Gasteiger partial charge in [-0.25, -0.2) is 5.01 Å². The molecule has 0 spiro atoms. The molecule has 2 atom stereocenters. The summed E-state index contributed by atoms with van der Waals surface area (Å²) in [4.78, 5) is 4.51. The van der Waals surface area contributed by atoms with Crippen LogP contribution in [0, 0.1) is 0 Å². The monoisotopic (exact) mass is 357 g/mol. The highest BCUT2D eigenvalue weighted by molar-refractivity contribution is 6.01. The zero-order valence-corrected chi connectivity index (χ0v) is 14.9. The van der Waals surface area contributed by atoms with Crippen LogP contribution in [0.2, 0.25) is 0 Å². The van der Waals surface area contributed by atoms with Crippen molar-refractivity contribution in [3.63, 3.8) is 0 Å². The van der Waals surface area contributed by atoms with Gasteiger partial charge >= 0.3 is 0 Å². The predicted molar refractivity (Wildman–Crippen MR) is 103 cm³/mol. The normalized spacial score (nSPS) is 20.3. The van der Waals surface area contributed by atoms with E-state index in [1.54, 1.807) is 13.3 Å². The molecular weight excluding hydrogens is 338 g/mol. The molecule has 2 aromatic carbocycles. The number of methoxy groups -OCH3 is 1. The molecule has 27 heavy (non-hydrogen) atoms. The third kappa shape index (κ3) is 2.63. The van der Waals surface area contributed by atoms with E-state index in [2.05, 4.69) is 23.2 Å². The number of nitrogens with zero attached hydrogens (tertiary/aromatic N) is 3. The number of fused-ring (bicyclic) bond motifs is 3. The number of hydrazone groups is 1. The number of pyridine rings is 1. The molecule has 0 bridgehead atoms. The van der Waals surface area contributed by atoms with Crippen LogP contribution in [0.1, 0.15) is 35.5 Å². The van der Waals surface area contributed by atoms with Gasteiger partial charge in [0.05, 0.1) is 18.9 Å². The Labute approximate surface area is 157 Å². The van der Waals surface area contributed by atoms with Crippen molar-refractivity contribution in [1.82, 2.24) is 9.99 Å². The predicted octanol–water partition coefficient (Wildman–Crippen LogP) is 4.33. The number of aromatic nitrogens is 1. The molecule has 0 fully saturated rings. The van der Waals surface area contributed by atoms with Crippen LogP contribution in [0.4, 0.5) is 0 Å². The van der Waals surface area contributed by atoms with Crippen molar-refractivity contribution in [3.05, 3.63) is 89.7 Å². The average molecular weight is 357 g/mol. The van der Waals surface area contributed by atoms with Gasteiger partial charge in [-0.2, -0.15) is 5.10 Å². The second-order valence-electron chi connectivity index (χ2n) is 6.62. The maximum Gasteiger partial charge on any atom is 0.230 e. The molecule has 3 heterocycles. The van der Waals surface area contributed by atoms with E-state index in [4.69, 9.17) is 14.6 Å². The van der Waals surface area contributed by atoms with Crippen LogP contribution in [0.3, 0.4) is 0 Å². The molecule has 3 aromatic rings. The molecule has 0 saturated heterocycles. The molecule has 134 valence electrons. The lowest BCUT2D eigenvalue weighted by Gasteiger charge is -2.38. The lowest BCUT2D eigenvalue weighted by Crippen LogP contribution is -2.34. The van der Waals surface area contributed by atoms with E-state index in [0.29, 0.717) is 0 Å². The van der Waals surface area contributed by atoms with Crippen molar-refractivity contribution < 1.29 is 9.47 Å². The molecule has 2 aliphatic heterocycles. The molecule has 5 nitrogen and oxygen atoms in total.